The number of fused-ring (bicyclic) bond motifs is 1. The number of hydrogen-bond donors (Lipinski definition) is 0. The quantitative estimate of drug-likeness (QED) is 0.693. The molecule has 5 heteroatoms. The second kappa shape index (κ2) is 6.20. The summed E-state index contributed by atoms with van der Waals surface area (Å²) >= 11 is 0. The zero-order chi connectivity index (χ0) is 16.4. The van der Waals surface area contributed by atoms with Gasteiger partial charge in [0.1, 0.15) is 11.9 Å². The van der Waals surface area contributed by atoms with Gasteiger partial charge in [-0.05, 0) is 12.0 Å². The van der Waals surface area contributed by atoms with Crippen LogP contribution in [0, 0.1) is 5.92 Å². The first kappa shape index (κ1) is 15.2. The van der Waals surface area contributed by atoms with Gasteiger partial charge in [0.15, 0.2) is 0 Å². The van der Waals surface area contributed by atoms with E-state index >= 15 is 0 Å². The van der Waals surface area contributed by atoms with Crippen molar-refractivity contribution in [2.24, 2.45) is 13.0 Å². The van der Waals surface area contributed by atoms with Gasteiger partial charge in [0.25, 0.3) is 0 Å². The number of aryl methyl sites for hydroxylation is 1. The number of ether oxygens (including phenoxy) is 1. The number of hydrogen-bond acceptors (Lipinski definition) is 4. The summed E-state index contributed by atoms with van der Waals surface area (Å²) in [5.74, 6) is -0.105. The molecule has 0 fully saturated rings. The Hall–Kier alpha value is -2.69. The zero-order valence-electron chi connectivity index (χ0n) is 13.5. The summed E-state index contributed by atoms with van der Waals surface area (Å²) in [6, 6.07) is 8.03. The molecule has 0 radical (unpaired) electrons. The summed E-state index contributed by atoms with van der Waals surface area (Å²) in [5, 5.41) is 1.05. The van der Waals surface area contributed by atoms with E-state index < -0.39 is 0 Å². The highest BCUT2D eigenvalue weighted by atomic mass is 16.5. The van der Waals surface area contributed by atoms with Gasteiger partial charge >= 0.3 is 5.97 Å². The van der Waals surface area contributed by atoms with E-state index in [4.69, 9.17) is 4.74 Å². The molecular formula is C18H19N3O2. The fourth-order valence-corrected chi connectivity index (χ4v) is 2.54. The molecular weight excluding hydrogens is 290 g/mol. The third-order valence-corrected chi connectivity index (χ3v) is 3.63. The van der Waals surface area contributed by atoms with Crippen molar-refractivity contribution in [3.05, 3.63) is 48.5 Å². The first-order valence-corrected chi connectivity index (χ1v) is 7.59. The van der Waals surface area contributed by atoms with Crippen LogP contribution in [0.4, 0.5) is 0 Å². The Labute approximate surface area is 134 Å². The normalized spacial score (nSPS) is 11.1. The lowest BCUT2D eigenvalue weighted by atomic mass is 10.1. The molecule has 2 heterocycles. The minimum atomic E-state index is -0.387. The highest BCUT2D eigenvalue weighted by molar-refractivity contribution is 6.02. The van der Waals surface area contributed by atoms with Gasteiger partial charge in [-0.1, -0.05) is 32.0 Å². The molecule has 2 aromatic heterocycles. The highest BCUT2D eigenvalue weighted by Crippen LogP contribution is 2.30. The summed E-state index contributed by atoms with van der Waals surface area (Å²) in [5.41, 5.74) is 2.99. The average Bonchev–Trinajstić information content (AvgIpc) is 2.90. The predicted molar refractivity (Wildman–Crippen MR) is 89.1 cm³/mol. The van der Waals surface area contributed by atoms with Crippen LogP contribution in [0.3, 0.4) is 0 Å². The number of carbonyl (C=O) groups is 1. The molecule has 3 rings (SSSR count). The van der Waals surface area contributed by atoms with Crippen LogP contribution >= 0.6 is 0 Å². The standard InChI is InChI=1S/C18H19N3O2/c1-12(2)10-23-18(22)14-8-19-11-20-17(14)15-9-21(3)16-7-5-4-6-13(15)16/h4-9,11-12H,10H2,1-3H3. The minimum absolute atomic E-state index is 0.282. The summed E-state index contributed by atoms with van der Waals surface area (Å²) in [6.45, 7) is 4.38. The molecule has 0 saturated carbocycles. The molecule has 0 atom stereocenters. The van der Waals surface area contributed by atoms with Crippen molar-refractivity contribution in [1.29, 1.82) is 0 Å². The Morgan fingerprint density at radius 3 is 2.87 bits per heavy atom. The van der Waals surface area contributed by atoms with Crippen LogP contribution < -0.4 is 0 Å². The topological polar surface area (TPSA) is 57.0 Å². The highest BCUT2D eigenvalue weighted by Gasteiger charge is 2.19. The summed E-state index contributed by atoms with van der Waals surface area (Å²) in [4.78, 5) is 20.7. The van der Waals surface area contributed by atoms with Gasteiger partial charge in [-0.3, -0.25) is 0 Å². The van der Waals surface area contributed by atoms with Crippen molar-refractivity contribution in [3.8, 4) is 11.3 Å². The fourth-order valence-electron chi connectivity index (χ4n) is 2.54. The van der Waals surface area contributed by atoms with Crippen molar-refractivity contribution in [2.45, 2.75) is 13.8 Å². The first-order chi connectivity index (χ1) is 11.1. The van der Waals surface area contributed by atoms with Crippen LogP contribution in [0.25, 0.3) is 22.2 Å². The Kier molecular flexibility index (Phi) is 4.10. The number of carbonyl (C=O) groups excluding carboxylic acids is 1. The number of rotatable bonds is 4. The largest absolute Gasteiger partial charge is 0.462 e. The van der Waals surface area contributed by atoms with Gasteiger partial charge in [0.2, 0.25) is 0 Å². The molecule has 0 amide bonds. The molecule has 0 bridgehead atoms. The number of benzene rings is 1. The van der Waals surface area contributed by atoms with E-state index in [-0.39, 0.29) is 11.9 Å². The smallest absolute Gasteiger partial charge is 0.341 e. The molecule has 118 valence electrons. The lowest BCUT2D eigenvalue weighted by molar-refractivity contribution is 0.0459. The first-order valence-electron chi connectivity index (χ1n) is 7.59. The molecule has 0 unspecified atom stereocenters. The van der Waals surface area contributed by atoms with Crippen LogP contribution in [0.15, 0.2) is 43.0 Å². The van der Waals surface area contributed by atoms with Crippen LogP contribution in [0.2, 0.25) is 0 Å². The Morgan fingerprint density at radius 2 is 2.09 bits per heavy atom. The second-order valence-electron chi connectivity index (χ2n) is 5.95. The Bertz CT molecular complexity index is 852. The van der Waals surface area contributed by atoms with Gasteiger partial charge < -0.3 is 9.30 Å². The summed E-state index contributed by atoms with van der Waals surface area (Å²) in [7, 11) is 1.98. The maximum absolute atomic E-state index is 12.4. The maximum Gasteiger partial charge on any atom is 0.341 e. The Balaban J connectivity index is 2.08. The minimum Gasteiger partial charge on any atom is -0.462 e. The third kappa shape index (κ3) is 2.95. The lowest BCUT2D eigenvalue weighted by Gasteiger charge is -2.09. The molecule has 0 saturated heterocycles. The van der Waals surface area contributed by atoms with Crippen molar-refractivity contribution in [2.75, 3.05) is 6.61 Å². The fraction of sp³-hybridized carbons (Fsp3) is 0.278. The predicted octanol–water partition coefficient (Wildman–Crippen LogP) is 3.45. The molecule has 0 aliphatic carbocycles. The van der Waals surface area contributed by atoms with Crippen molar-refractivity contribution >= 4 is 16.9 Å². The monoisotopic (exact) mass is 309 g/mol. The molecule has 0 aliphatic heterocycles. The zero-order valence-corrected chi connectivity index (χ0v) is 13.5. The van der Waals surface area contributed by atoms with E-state index in [0.29, 0.717) is 17.9 Å². The number of nitrogens with zero attached hydrogens (tertiary/aromatic N) is 3. The average molecular weight is 309 g/mol. The van der Waals surface area contributed by atoms with E-state index in [9.17, 15) is 4.79 Å². The van der Waals surface area contributed by atoms with Crippen LogP contribution in [0.1, 0.15) is 24.2 Å². The molecule has 1 aromatic carbocycles. The SMILES string of the molecule is CC(C)COC(=O)c1cncnc1-c1cn(C)c2ccccc12. The summed E-state index contributed by atoms with van der Waals surface area (Å²) in [6.07, 6.45) is 4.95. The van der Waals surface area contributed by atoms with Gasteiger partial charge in [-0.15, -0.1) is 0 Å². The van der Waals surface area contributed by atoms with E-state index in [2.05, 4.69) is 9.97 Å². The van der Waals surface area contributed by atoms with Gasteiger partial charge in [0.05, 0.1) is 12.3 Å². The molecule has 0 N–H and O–H groups in total. The molecule has 0 spiro atoms. The molecule has 0 aliphatic rings. The van der Waals surface area contributed by atoms with Crippen molar-refractivity contribution in [3.63, 3.8) is 0 Å². The Morgan fingerprint density at radius 1 is 1.30 bits per heavy atom. The third-order valence-electron chi connectivity index (χ3n) is 3.63. The summed E-state index contributed by atoms with van der Waals surface area (Å²) < 4.78 is 7.37. The van der Waals surface area contributed by atoms with E-state index in [0.717, 1.165) is 16.5 Å². The van der Waals surface area contributed by atoms with Crippen LogP contribution in [-0.2, 0) is 11.8 Å². The van der Waals surface area contributed by atoms with Gasteiger partial charge in [0, 0.05) is 35.9 Å². The van der Waals surface area contributed by atoms with Gasteiger partial charge in [-0.25, -0.2) is 14.8 Å². The second-order valence-corrected chi connectivity index (χ2v) is 5.95. The van der Waals surface area contributed by atoms with Crippen molar-refractivity contribution in [1.82, 2.24) is 14.5 Å². The van der Waals surface area contributed by atoms with Gasteiger partial charge in [-0.2, -0.15) is 0 Å². The molecule has 23 heavy (non-hydrogen) atoms. The molecule has 3 aromatic rings. The van der Waals surface area contributed by atoms with Crippen molar-refractivity contribution < 1.29 is 9.53 Å². The maximum atomic E-state index is 12.4. The number of aromatic nitrogens is 3. The van der Waals surface area contributed by atoms with E-state index in [1.807, 2.05) is 55.9 Å². The lowest BCUT2D eigenvalue weighted by Crippen LogP contribution is -2.12. The van der Waals surface area contributed by atoms with Crippen LogP contribution in [-0.4, -0.2) is 27.1 Å². The number of esters is 1. The molecule has 5 nitrogen and oxygen atoms in total. The number of para-hydroxylation sites is 1. The van der Waals surface area contributed by atoms with E-state index in [1.165, 1.54) is 12.5 Å². The van der Waals surface area contributed by atoms with E-state index in [1.54, 1.807) is 0 Å². The van der Waals surface area contributed by atoms with Crippen LogP contribution in [0.5, 0.6) is 0 Å².